The second-order valence-electron chi connectivity index (χ2n) is 6.91. The standard InChI is InChI=1S/C24H24N2O3/c1-18-7-9-19(10-8-18)15-25-16-23(27)26(17-20-5-3-2-4-6-20)22-13-11-21(12-14-22)24(28)29/h2-14,25H,15-17H2,1H3,(H,28,29). The highest BCUT2D eigenvalue weighted by atomic mass is 16.4. The Morgan fingerprint density at radius 2 is 1.52 bits per heavy atom. The van der Waals surface area contributed by atoms with Crippen LogP contribution >= 0.6 is 0 Å². The van der Waals surface area contributed by atoms with E-state index in [4.69, 9.17) is 5.11 Å². The predicted molar refractivity (Wildman–Crippen MR) is 114 cm³/mol. The molecule has 3 aromatic carbocycles. The highest BCUT2D eigenvalue weighted by Crippen LogP contribution is 2.19. The van der Waals surface area contributed by atoms with Crippen molar-refractivity contribution in [2.45, 2.75) is 20.0 Å². The van der Waals surface area contributed by atoms with Gasteiger partial charge in [0.25, 0.3) is 0 Å². The molecule has 3 aromatic rings. The summed E-state index contributed by atoms with van der Waals surface area (Å²) in [7, 11) is 0. The van der Waals surface area contributed by atoms with E-state index in [1.165, 1.54) is 17.7 Å². The zero-order valence-corrected chi connectivity index (χ0v) is 16.3. The lowest BCUT2D eigenvalue weighted by molar-refractivity contribution is -0.118. The highest BCUT2D eigenvalue weighted by Gasteiger charge is 2.16. The molecule has 0 radical (unpaired) electrons. The average molecular weight is 388 g/mol. The predicted octanol–water partition coefficient (Wildman–Crippen LogP) is 4.02. The van der Waals surface area contributed by atoms with Gasteiger partial charge >= 0.3 is 5.97 Å². The molecule has 0 spiro atoms. The van der Waals surface area contributed by atoms with E-state index in [0.717, 1.165) is 11.1 Å². The molecule has 2 N–H and O–H groups in total. The van der Waals surface area contributed by atoms with Crippen molar-refractivity contribution in [1.82, 2.24) is 5.32 Å². The summed E-state index contributed by atoms with van der Waals surface area (Å²) >= 11 is 0. The van der Waals surface area contributed by atoms with Gasteiger partial charge in [-0.25, -0.2) is 4.79 Å². The van der Waals surface area contributed by atoms with Crippen molar-refractivity contribution in [3.05, 3.63) is 101 Å². The number of aromatic carboxylic acids is 1. The van der Waals surface area contributed by atoms with Crippen LogP contribution in [0.1, 0.15) is 27.0 Å². The summed E-state index contributed by atoms with van der Waals surface area (Å²) in [6.45, 7) is 3.24. The Balaban J connectivity index is 1.71. The second kappa shape index (κ2) is 9.66. The Kier molecular flexibility index (Phi) is 6.76. The fourth-order valence-corrected chi connectivity index (χ4v) is 2.99. The molecule has 29 heavy (non-hydrogen) atoms. The van der Waals surface area contributed by atoms with Gasteiger partial charge in [0, 0.05) is 12.2 Å². The van der Waals surface area contributed by atoms with E-state index in [9.17, 15) is 9.59 Å². The fourth-order valence-electron chi connectivity index (χ4n) is 2.99. The lowest BCUT2D eigenvalue weighted by atomic mass is 10.1. The molecule has 5 heteroatoms. The van der Waals surface area contributed by atoms with E-state index in [0.29, 0.717) is 18.8 Å². The molecule has 0 saturated carbocycles. The van der Waals surface area contributed by atoms with E-state index in [-0.39, 0.29) is 18.0 Å². The molecule has 0 aliphatic carbocycles. The number of benzene rings is 3. The van der Waals surface area contributed by atoms with E-state index in [1.807, 2.05) is 61.5 Å². The van der Waals surface area contributed by atoms with Crippen LogP contribution in [-0.2, 0) is 17.9 Å². The van der Waals surface area contributed by atoms with Crippen LogP contribution in [0.15, 0.2) is 78.9 Å². The molecule has 0 atom stereocenters. The highest BCUT2D eigenvalue weighted by molar-refractivity contribution is 5.95. The van der Waals surface area contributed by atoms with Gasteiger partial charge in [-0.2, -0.15) is 0 Å². The number of nitrogens with zero attached hydrogens (tertiary/aromatic N) is 1. The smallest absolute Gasteiger partial charge is 0.335 e. The summed E-state index contributed by atoms with van der Waals surface area (Å²) in [6.07, 6.45) is 0. The van der Waals surface area contributed by atoms with Crippen LogP contribution in [0.3, 0.4) is 0 Å². The molecule has 0 unspecified atom stereocenters. The number of carboxylic acid groups (broad SMARTS) is 1. The van der Waals surface area contributed by atoms with Crippen molar-refractivity contribution >= 4 is 17.6 Å². The van der Waals surface area contributed by atoms with Gasteiger partial charge < -0.3 is 15.3 Å². The Morgan fingerprint density at radius 3 is 2.14 bits per heavy atom. The largest absolute Gasteiger partial charge is 0.478 e. The van der Waals surface area contributed by atoms with Crippen molar-refractivity contribution in [3.63, 3.8) is 0 Å². The number of carbonyl (C=O) groups is 2. The summed E-state index contributed by atoms with van der Waals surface area (Å²) in [4.78, 5) is 25.7. The van der Waals surface area contributed by atoms with Crippen LogP contribution in [-0.4, -0.2) is 23.5 Å². The maximum Gasteiger partial charge on any atom is 0.335 e. The number of hydrogen-bond acceptors (Lipinski definition) is 3. The first-order valence-corrected chi connectivity index (χ1v) is 9.47. The number of carbonyl (C=O) groups excluding carboxylic acids is 1. The second-order valence-corrected chi connectivity index (χ2v) is 6.91. The molecular weight excluding hydrogens is 364 g/mol. The first kappa shape index (κ1) is 20.3. The molecule has 0 fully saturated rings. The quantitative estimate of drug-likeness (QED) is 0.612. The topological polar surface area (TPSA) is 69.6 Å². The number of nitrogens with one attached hydrogen (secondary N) is 1. The van der Waals surface area contributed by atoms with Crippen LogP contribution in [0.5, 0.6) is 0 Å². The summed E-state index contributed by atoms with van der Waals surface area (Å²) < 4.78 is 0. The van der Waals surface area contributed by atoms with Crippen molar-refractivity contribution in [1.29, 1.82) is 0 Å². The van der Waals surface area contributed by atoms with Crippen molar-refractivity contribution in [2.75, 3.05) is 11.4 Å². The van der Waals surface area contributed by atoms with Crippen LogP contribution in [0.25, 0.3) is 0 Å². The van der Waals surface area contributed by atoms with Gasteiger partial charge in [-0.05, 0) is 42.3 Å². The van der Waals surface area contributed by atoms with E-state index >= 15 is 0 Å². The van der Waals surface area contributed by atoms with Gasteiger partial charge in [0.05, 0.1) is 18.7 Å². The summed E-state index contributed by atoms with van der Waals surface area (Å²) in [6, 6.07) is 24.3. The minimum Gasteiger partial charge on any atom is -0.478 e. The molecular formula is C24H24N2O3. The minimum absolute atomic E-state index is 0.0796. The van der Waals surface area contributed by atoms with E-state index in [1.54, 1.807) is 17.0 Å². The zero-order valence-electron chi connectivity index (χ0n) is 16.3. The lowest BCUT2D eigenvalue weighted by Gasteiger charge is -2.23. The van der Waals surface area contributed by atoms with Crippen molar-refractivity contribution in [3.8, 4) is 0 Å². The van der Waals surface area contributed by atoms with Crippen molar-refractivity contribution < 1.29 is 14.7 Å². The first-order chi connectivity index (χ1) is 14.0. The summed E-state index contributed by atoms with van der Waals surface area (Å²) in [5.41, 5.74) is 4.17. The van der Waals surface area contributed by atoms with Crippen LogP contribution in [0.4, 0.5) is 5.69 Å². The molecule has 0 heterocycles. The first-order valence-electron chi connectivity index (χ1n) is 9.47. The molecule has 1 amide bonds. The van der Waals surface area contributed by atoms with E-state index < -0.39 is 5.97 Å². The fraction of sp³-hybridized carbons (Fsp3) is 0.167. The Hall–Kier alpha value is -3.44. The van der Waals surface area contributed by atoms with Crippen molar-refractivity contribution in [2.24, 2.45) is 0 Å². The maximum absolute atomic E-state index is 13.0. The van der Waals surface area contributed by atoms with E-state index in [2.05, 4.69) is 5.32 Å². The van der Waals surface area contributed by atoms with Gasteiger partial charge in [0.2, 0.25) is 5.91 Å². The Labute approximate surface area is 170 Å². The number of hydrogen-bond donors (Lipinski definition) is 2. The minimum atomic E-state index is -0.989. The van der Waals surface area contributed by atoms with Gasteiger partial charge in [-0.3, -0.25) is 4.79 Å². The number of aryl methyl sites for hydroxylation is 1. The third-order valence-electron chi connectivity index (χ3n) is 4.64. The third-order valence-corrected chi connectivity index (χ3v) is 4.64. The number of carboxylic acids is 1. The maximum atomic E-state index is 13.0. The zero-order chi connectivity index (χ0) is 20.6. The number of amides is 1. The normalized spacial score (nSPS) is 10.5. The number of rotatable bonds is 8. The third kappa shape index (κ3) is 5.77. The molecule has 148 valence electrons. The van der Waals surface area contributed by atoms with Gasteiger partial charge in [-0.15, -0.1) is 0 Å². The molecule has 0 aliphatic heterocycles. The molecule has 0 saturated heterocycles. The molecule has 3 rings (SSSR count). The molecule has 0 bridgehead atoms. The van der Waals surface area contributed by atoms with Crippen LogP contribution in [0, 0.1) is 6.92 Å². The van der Waals surface area contributed by atoms with Crippen LogP contribution < -0.4 is 10.2 Å². The monoisotopic (exact) mass is 388 g/mol. The summed E-state index contributed by atoms with van der Waals surface area (Å²) in [5.74, 6) is -1.07. The Bertz CT molecular complexity index is 952. The molecule has 5 nitrogen and oxygen atoms in total. The lowest BCUT2D eigenvalue weighted by Crippen LogP contribution is -2.37. The Morgan fingerprint density at radius 1 is 0.862 bits per heavy atom. The van der Waals surface area contributed by atoms with Gasteiger partial charge in [-0.1, -0.05) is 60.2 Å². The number of anilines is 1. The summed E-state index contributed by atoms with van der Waals surface area (Å²) in [5, 5.41) is 12.3. The van der Waals surface area contributed by atoms with Crippen LogP contribution in [0.2, 0.25) is 0 Å². The average Bonchev–Trinajstić information content (AvgIpc) is 2.74. The molecule has 0 aliphatic rings. The van der Waals surface area contributed by atoms with Gasteiger partial charge in [0.15, 0.2) is 0 Å². The SMILES string of the molecule is Cc1ccc(CNCC(=O)N(Cc2ccccc2)c2ccc(C(=O)O)cc2)cc1. The molecule has 0 aromatic heterocycles. The van der Waals surface area contributed by atoms with Gasteiger partial charge in [0.1, 0.15) is 0 Å².